The van der Waals surface area contributed by atoms with Crippen molar-refractivity contribution in [3.8, 4) is 12.3 Å². The highest BCUT2D eigenvalue weighted by molar-refractivity contribution is 5.85. The first kappa shape index (κ1) is 6.92. The number of nitrogens with one attached hydrogen (secondary N) is 1. The lowest BCUT2D eigenvalue weighted by Gasteiger charge is -1.93. The van der Waals surface area contributed by atoms with E-state index in [4.69, 9.17) is 6.42 Å². The molecule has 1 saturated carbocycles. The largest absolute Gasteiger partial charge is 0.316 e. The van der Waals surface area contributed by atoms with E-state index in [-0.39, 0.29) is 12.4 Å². The molecule has 0 radical (unpaired) electrons. The zero-order valence-corrected chi connectivity index (χ0v) is 5.95. The molecule has 1 nitrogen and oxygen atoms in total. The van der Waals surface area contributed by atoms with Crippen LogP contribution in [0.25, 0.3) is 0 Å². The van der Waals surface area contributed by atoms with Gasteiger partial charge in [-0.3, -0.25) is 0 Å². The minimum absolute atomic E-state index is 0. The third-order valence-electron chi connectivity index (χ3n) is 2.28. The minimum Gasteiger partial charge on any atom is -0.316 e. The molecule has 0 unspecified atom stereocenters. The molecule has 0 amide bonds. The topological polar surface area (TPSA) is 12.0 Å². The van der Waals surface area contributed by atoms with E-state index in [9.17, 15) is 0 Å². The smallest absolute Gasteiger partial charge is 0.0288 e. The molecule has 2 aliphatic rings. The third-order valence-corrected chi connectivity index (χ3v) is 2.28. The summed E-state index contributed by atoms with van der Waals surface area (Å²) in [5, 5.41) is 3.29. The van der Waals surface area contributed by atoms with E-state index >= 15 is 0 Å². The van der Waals surface area contributed by atoms with Crippen molar-refractivity contribution in [2.75, 3.05) is 13.1 Å². The van der Waals surface area contributed by atoms with Crippen LogP contribution in [0.3, 0.4) is 0 Å². The fourth-order valence-electron chi connectivity index (χ4n) is 1.67. The van der Waals surface area contributed by atoms with E-state index in [0.717, 1.165) is 11.8 Å². The van der Waals surface area contributed by atoms with Gasteiger partial charge >= 0.3 is 0 Å². The Balaban J connectivity index is 0.000000405. The number of fused-ring (bicyclic) bond motifs is 1. The molecule has 0 spiro atoms. The van der Waals surface area contributed by atoms with Gasteiger partial charge in [0.1, 0.15) is 0 Å². The second kappa shape index (κ2) is 2.21. The van der Waals surface area contributed by atoms with Crippen LogP contribution in [0.2, 0.25) is 0 Å². The molecule has 9 heavy (non-hydrogen) atoms. The number of hydrogen-bond acceptors (Lipinski definition) is 1. The first-order valence-corrected chi connectivity index (χ1v) is 3.10. The summed E-state index contributed by atoms with van der Waals surface area (Å²) >= 11 is 0. The molecule has 2 rings (SSSR count). The molecule has 0 bridgehead atoms. The average Bonchev–Trinajstić information content (AvgIpc) is 2.22. The van der Waals surface area contributed by atoms with Crippen LogP contribution in [0, 0.1) is 30.1 Å². The Morgan fingerprint density at radius 3 is 2.22 bits per heavy atom. The van der Waals surface area contributed by atoms with E-state index in [2.05, 4.69) is 11.2 Å². The van der Waals surface area contributed by atoms with Gasteiger partial charge in [0.05, 0.1) is 0 Å². The maximum Gasteiger partial charge on any atom is 0.0288 e. The number of hydrogen-bond donors (Lipinski definition) is 1. The number of piperidine rings is 1. The lowest BCUT2D eigenvalue weighted by atomic mass is 10.3. The highest BCUT2D eigenvalue weighted by Gasteiger charge is 2.51. The highest BCUT2D eigenvalue weighted by Crippen LogP contribution is 2.47. The van der Waals surface area contributed by atoms with Crippen molar-refractivity contribution in [2.45, 2.75) is 0 Å². The summed E-state index contributed by atoms with van der Waals surface area (Å²) in [5.74, 6) is 5.13. The van der Waals surface area contributed by atoms with E-state index in [1.54, 1.807) is 0 Å². The quantitative estimate of drug-likeness (QED) is 0.488. The van der Waals surface area contributed by atoms with E-state index in [1.165, 1.54) is 13.1 Å². The van der Waals surface area contributed by atoms with Crippen LogP contribution in [0.4, 0.5) is 0 Å². The third kappa shape index (κ3) is 0.831. The fourth-order valence-corrected chi connectivity index (χ4v) is 1.67. The zero-order chi connectivity index (χ0) is 5.56. The van der Waals surface area contributed by atoms with Crippen molar-refractivity contribution in [3.05, 3.63) is 0 Å². The Kier molecular flexibility index (Phi) is 1.70. The summed E-state index contributed by atoms with van der Waals surface area (Å²) < 4.78 is 0. The molecule has 0 aromatic rings. The lowest BCUT2D eigenvalue weighted by molar-refractivity contribution is 0.679. The van der Waals surface area contributed by atoms with Crippen LogP contribution in [0.1, 0.15) is 0 Å². The Morgan fingerprint density at radius 2 is 1.89 bits per heavy atom. The summed E-state index contributed by atoms with van der Waals surface area (Å²) in [6.07, 6.45) is 5.25. The molecule has 2 fully saturated rings. The van der Waals surface area contributed by atoms with Gasteiger partial charge in [-0.25, -0.2) is 0 Å². The number of halogens is 1. The SMILES string of the molecule is C#C[C@H]1[C@H]2CNC[C@@H]12.Cl. The molecule has 1 saturated heterocycles. The van der Waals surface area contributed by atoms with Gasteiger partial charge in [-0.1, -0.05) is 0 Å². The van der Waals surface area contributed by atoms with Crippen molar-refractivity contribution in [2.24, 2.45) is 17.8 Å². The van der Waals surface area contributed by atoms with Crippen molar-refractivity contribution in [1.29, 1.82) is 0 Å². The van der Waals surface area contributed by atoms with Crippen molar-refractivity contribution in [3.63, 3.8) is 0 Å². The molecule has 1 heterocycles. The van der Waals surface area contributed by atoms with Gasteiger partial charge in [-0.2, -0.15) is 0 Å². The molecule has 0 aromatic carbocycles. The maximum absolute atomic E-state index is 5.25. The first-order chi connectivity index (χ1) is 3.93. The van der Waals surface area contributed by atoms with Crippen LogP contribution in [-0.4, -0.2) is 13.1 Å². The summed E-state index contributed by atoms with van der Waals surface area (Å²) in [6, 6.07) is 0. The zero-order valence-electron chi connectivity index (χ0n) is 5.13. The number of rotatable bonds is 0. The molecule has 1 N–H and O–H groups in total. The van der Waals surface area contributed by atoms with Crippen molar-refractivity contribution in [1.82, 2.24) is 5.32 Å². The monoisotopic (exact) mass is 143 g/mol. The van der Waals surface area contributed by atoms with E-state index < -0.39 is 0 Å². The van der Waals surface area contributed by atoms with Crippen LogP contribution in [0.15, 0.2) is 0 Å². The van der Waals surface area contributed by atoms with Gasteiger partial charge < -0.3 is 5.32 Å². The maximum atomic E-state index is 5.25. The molecule has 1 aliphatic carbocycles. The van der Waals surface area contributed by atoms with E-state index in [0.29, 0.717) is 5.92 Å². The predicted molar refractivity (Wildman–Crippen MR) is 39.4 cm³/mol. The van der Waals surface area contributed by atoms with Gasteiger partial charge in [-0.15, -0.1) is 24.8 Å². The van der Waals surface area contributed by atoms with Crippen LogP contribution >= 0.6 is 12.4 Å². The normalized spacial score (nSPS) is 44.6. The Labute approximate surface area is 61.6 Å². The molecule has 2 heteroatoms. The molecular weight excluding hydrogens is 134 g/mol. The van der Waals surface area contributed by atoms with Crippen LogP contribution in [-0.2, 0) is 0 Å². The summed E-state index contributed by atoms with van der Waals surface area (Å²) in [6.45, 7) is 2.33. The average molecular weight is 144 g/mol. The molecule has 50 valence electrons. The molecule has 1 aliphatic heterocycles. The van der Waals surface area contributed by atoms with Gasteiger partial charge in [-0.05, 0) is 24.9 Å². The van der Waals surface area contributed by atoms with Crippen molar-refractivity contribution >= 4 is 12.4 Å². The van der Waals surface area contributed by atoms with Crippen LogP contribution < -0.4 is 5.32 Å². The standard InChI is InChI=1S/C7H9N.ClH/c1-2-5-6-3-8-4-7(5)6;/h1,5-8H,3-4H2;1H/t5-,6+,7-;. The lowest BCUT2D eigenvalue weighted by Crippen LogP contribution is -2.13. The van der Waals surface area contributed by atoms with Gasteiger partial charge in [0.15, 0.2) is 0 Å². The first-order valence-electron chi connectivity index (χ1n) is 3.10. The summed E-state index contributed by atoms with van der Waals surface area (Å²) in [4.78, 5) is 0. The Bertz CT molecular complexity index is 139. The van der Waals surface area contributed by atoms with Crippen molar-refractivity contribution < 1.29 is 0 Å². The van der Waals surface area contributed by atoms with Crippen LogP contribution in [0.5, 0.6) is 0 Å². The molecule has 0 aromatic heterocycles. The second-order valence-corrected chi connectivity index (χ2v) is 2.68. The van der Waals surface area contributed by atoms with Gasteiger partial charge in [0, 0.05) is 5.92 Å². The van der Waals surface area contributed by atoms with E-state index in [1.807, 2.05) is 0 Å². The molecule has 3 atom stereocenters. The van der Waals surface area contributed by atoms with Gasteiger partial charge in [0.25, 0.3) is 0 Å². The Hall–Kier alpha value is -0.190. The predicted octanol–water partition coefficient (Wildman–Crippen LogP) is 0.507. The minimum atomic E-state index is 0. The fraction of sp³-hybridized carbons (Fsp3) is 0.714. The summed E-state index contributed by atoms with van der Waals surface area (Å²) in [5.41, 5.74) is 0. The highest BCUT2D eigenvalue weighted by atomic mass is 35.5. The Morgan fingerprint density at radius 1 is 1.33 bits per heavy atom. The second-order valence-electron chi connectivity index (χ2n) is 2.68. The summed E-state index contributed by atoms with van der Waals surface area (Å²) in [7, 11) is 0. The van der Waals surface area contributed by atoms with Gasteiger partial charge in [0.2, 0.25) is 0 Å². The molecular formula is C7H10ClN. The number of terminal acetylenes is 1.